The molecule has 1 aromatic rings. The highest BCUT2D eigenvalue weighted by molar-refractivity contribution is 5.93. The third-order valence-electron chi connectivity index (χ3n) is 1.89. The molecule has 0 saturated carbocycles. The van der Waals surface area contributed by atoms with Crippen molar-refractivity contribution in [3.05, 3.63) is 23.8 Å². The van der Waals surface area contributed by atoms with Crippen molar-refractivity contribution in [3.63, 3.8) is 0 Å². The number of hydrogen-bond acceptors (Lipinski definition) is 2. The van der Waals surface area contributed by atoms with Crippen molar-refractivity contribution in [1.82, 2.24) is 5.32 Å². The third kappa shape index (κ3) is 0.972. The molecule has 2 rings (SSSR count). The van der Waals surface area contributed by atoms with E-state index in [1.54, 1.807) is 0 Å². The van der Waals surface area contributed by atoms with Crippen molar-refractivity contribution >= 4 is 17.4 Å². The smallest absolute Gasteiger partial charge is 0.319 e. The maximum atomic E-state index is 10.9. The van der Waals surface area contributed by atoms with Gasteiger partial charge in [-0.3, -0.25) is 0 Å². The fraction of sp³-hybridized carbons (Fsp3) is 0.125. The van der Waals surface area contributed by atoms with Crippen molar-refractivity contribution in [2.75, 3.05) is 11.1 Å². The van der Waals surface area contributed by atoms with Crippen molar-refractivity contribution < 1.29 is 4.79 Å². The molecule has 0 fully saturated rings. The Labute approximate surface area is 69.8 Å². The molecule has 0 aromatic heterocycles. The van der Waals surface area contributed by atoms with Crippen LogP contribution >= 0.6 is 0 Å². The van der Waals surface area contributed by atoms with E-state index in [9.17, 15) is 4.79 Å². The first-order valence-corrected chi connectivity index (χ1v) is 3.69. The number of fused-ring (bicyclic) bond motifs is 1. The van der Waals surface area contributed by atoms with Gasteiger partial charge in [0.25, 0.3) is 0 Å². The lowest BCUT2D eigenvalue weighted by molar-refractivity contribution is 0.251. The van der Waals surface area contributed by atoms with Gasteiger partial charge in [-0.2, -0.15) is 0 Å². The largest absolute Gasteiger partial charge is 0.398 e. The van der Waals surface area contributed by atoms with E-state index < -0.39 is 0 Å². The summed E-state index contributed by atoms with van der Waals surface area (Å²) in [5.41, 5.74) is 8.16. The standard InChI is InChI=1S/C8H9N3O/c9-6-2-1-3-7-5(6)4-10-8(12)11-7/h1-3H,4,9H2,(H2,10,11,12). The number of benzene rings is 1. The van der Waals surface area contributed by atoms with E-state index in [1.165, 1.54) is 0 Å². The SMILES string of the molecule is Nc1cccc2c1CNC(=O)N2. The molecule has 1 aliphatic rings. The van der Waals surface area contributed by atoms with Crippen LogP contribution in [0.1, 0.15) is 5.56 Å². The Morgan fingerprint density at radius 3 is 3.08 bits per heavy atom. The van der Waals surface area contributed by atoms with Crippen LogP contribution in [0.15, 0.2) is 18.2 Å². The van der Waals surface area contributed by atoms with Gasteiger partial charge in [-0.05, 0) is 12.1 Å². The second kappa shape index (κ2) is 2.41. The third-order valence-corrected chi connectivity index (χ3v) is 1.89. The molecule has 1 aromatic carbocycles. The van der Waals surface area contributed by atoms with Crippen molar-refractivity contribution in [3.8, 4) is 0 Å². The molecule has 12 heavy (non-hydrogen) atoms. The molecule has 62 valence electrons. The zero-order valence-corrected chi connectivity index (χ0v) is 6.42. The minimum atomic E-state index is -0.173. The average molecular weight is 163 g/mol. The first-order valence-electron chi connectivity index (χ1n) is 3.69. The van der Waals surface area contributed by atoms with Crippen LogP contribution in [0.2, 0.25) is 0 Å². The highest BCUT2D eigenvalue weighted by Crippen LogP contribution is 2.23. The Bertz CT molecular complexity index is 335. The molecule has 0 unspecified atom stereocenters. The van der Waals surface area contributed by atoms with Gasteiger partial charge in [0.1, 0.15) is 0 Å². The maximum absolute atomic E-state index is 10.9. The number of nitrogen functional groups attached to an aromatic ring is 1. The van der Waals surface area contributed by atoms with Gasteiger partial charge >= 0.3 is 6.03 Å². The van der Waals surface area contributed by atoms with E-state index in [0.717, 1.165) is 11.3 Å². The molecule has 4 heteroatoms. The fourth-order valence-electron chi connectivity index (χ4n) is 1.25. The predicted octanol–water partition coefficient (Wildman–Crippen LogP) is 0.904. The van der Waals surface area contributed by atoms with Crippen LogP contribution in [-0.4, -0.2) is 6.03 Å². The van der Waals surface area contributed by atoms with Crippen LogP contribution in [0.25, 0.3) is 0 Å². The second-order valence-electron chi connectivity index (χ2n) is 2.68. The summed E-state index contributed by atoms with van der Waals surface area (Å²) in [7, 11) is 0. The molecular weight excluding hydrogens is 154 g/mol. The van der Waals surface area contributed by atoms with Gasteiger partial charge in [0.15, 0.2) is 0 Å². The summed E-state index contributed by atoms with van der Waals surface area (Å²) in [6.45, 7) is 0.508. The summed E-state index contributed by atoms with van der Waals surface area (Å²) in [5.74, 6) is 0. The van der Waals surface area contributed by atoms with Gasteiger partial charge in [-0.15, -0.1) is 0 Å². The van der Waals surface area contributed by atoms with E-state index in [-0.39, 0.29) is 6.03 Å². The number of nitrogens with one attached hydrogen (secondary N) is 2. The molecule has 0 bridgehead atoms. The first kappa shape index (κ1) is 6.97. The fourth-order valence-corrected chi connectivity index (χ4v) is 1.25. The van der Waals surface area contributed by atoms with Crippen LogP contribution in [-0.2, 0) is 6.54 Å². The van der Waals surface area contributed by atoms with Crippen LogP contribution in [0, 0.1) is 0 Å². The normalized spacial score (nSPS) is 14.5. The number of carbonyl (C=O) groups excluding carboxylic acids is 1. The zero-order valence-electron chi connectivity index (χ0n) is 6.42. The summed E-state index contributed by atoms with van der Waals surface area (Å²) in [6.07, 6.45) is 0. The Hall–Kier alpha value is -1.71. The summed E-state index contributed by atoms with van der Waals surface area (Å²) in [5, 5.41) is 5.32. The monoisotopic (exact) mass is 163 g/mol. The number of hydrogen-bond donors (Lipinski definition) is 3. The lowest BCUT2D eigenvalue weighted by Gasteiger charge is -2.19. The minimum Gasteiger partial charge on any atom is -0.398 e. The average Bonchev–Trinajstić information content (AvgIpc) is 2.04. The molecular formula is C8H9N3O. The molecule has 2 amide bonds. The molecule has 0 aliphatic carbocycles. The number of rotatable bonds is 0. The van der Waals surface area contributed by atoms with Gasteiger partial charge in [-0.25, -0.2) is 4.79 Å². The van der Waals surface area contributed by atoms with Gasteiger partial charge in [0.2, 0.25) is 0 Å². The van der Waals surface area contributed by atoms with Crippen molar-refractivity contribution in [1.29, 1.82) is 0 Å². The lowest BCUT2D eigenvalue weighted by atomic mass is 10.1. The second-order valence-corrected chi connectivity index (χ2v) is 2.68. The highest BCUT2D eigenvalue weighted by Gasteiger charge is 2.14. The topological polar surface area (TPSA) is 67.1 Å². The van der Waals surface area contributed by atoms with Gasteiger partial charge in [-0.1, -0.05) is 6.07 Å². The lowest BCUT2D eigenvalue weighted by Crippen LogP contribution is -2.33. The number of carbonyl (C=O) groups is 1. The molecule has 0 saturated heterocycles. The molecule has 4 nitrogen and oxygen atoms in total. The Morgan fingerprint density at radius 2 is 2.25 bits per heavy atom. The molecule has 0 radical (unpaired) electrons. The van der Waals surface area contributed by atoms with E-state index in [1.807, 2.05) is 18.2 Å². The Kier molecular flexibility index (Phi) is 1.40. The van der Waals surface area contributed by atoms with E-state index in [0.29, 0.717) is 12.2 Å². The van der Waals surface area contributed by atoms with Crippen LogP contribution < -0.4 is 16.4 Å². The van der Waals surface area contributed by atoms with Crippen molar-refractivity contribution in [2.24, 2.45) is 0 Å². The summed E-state index contributed by atoms with van der Waals surface area (Å²) >= 11 is 0. The van der Waals surface area contributed by atoms with Crippen LogP contribution in [0.5, 0.6) is 0 Å². The van der Waals surface area contributed by atoms with Gasteiger partial charge in [0, 0.05) is 23.5 Å². The zero-order chi connectivity index (χ0) is 8.55. The number of nitrogens with two attached hydrogens (primary N) is 1. The molecule has 0 atom stereocenters. The maximum Gasteiger partial charge on any atom is 0.319 e. The quantitative estimate of drug-likeness (QED) is 0.497. The Morgan fingerprint density at radius 1 is 1.42 bits per heavy atom. The first-order chi connectivity index (χ1) is 5.77. The summed E-state index contributed by atoms with van der Waals surface area (Å²) in [6, 6.07) is 5.30. The number of urea groups is 1. The predicted molar refractivity (Wildman–Crippen MR) is 46.7 cm³/mol. The van der Waals surface area contributed by atoms with E-state index in [4.69, 9.17) is 5.73 Å². The van der Waals surface area contributed by atoms with E-state index >= 15 is 0 Å². The van der Waals surface area contributed by atoms with Crippen LogP contribution in [0.3, 0.4) is 0 Å². The number of amides is 2. The number of anilines is 2. The molecule has 0 spiro atoms. The van der Waals surface area contributed by atoms with Crippen LogP contribution in [0.4, 0.5) is 16.2 Å². The molecule has 1 aliphatic heterocycles. The highest BCUT2D eigenvalue weighted by atomic mass is 16.2. The van der Waals surface area contributed by atoms with Gasteiger partial charge in [0.05, 0.1) is 0 Å². The van der Waals surface area contributed by atoms with Gasteiger partial charge < -0.3 is 16.4 Å². The molecule has 4 N–H and O–H groups in total. The molecule has 1 heterocycles. The van der Waals surface area contributed by atoms with E-state index in [2.05, 4.69) is 10.6 Å². The van der Waals surface area contributed by atoms with Crippen molar-refractivity contribution in [2.45, 2.75) is 6.54 Å². The Balaban J connectivity index is 2.48. The minimum absolute atomic E-state index is 0.173. The summed E-state index contributed by atoms with van der Waals surface area (Å²) in [4.78, 5) is 10.9. The summed E-state index contributed by atoms with van der Waals surface area (Å²) < 4.78 is 0.